The Balaban J connectivity index is 1.69. The molecule has 2 aromatic carbocycles. The third-order valence-electron chi connectivity index (χ3n) is 5.81. The number of allylic oxidation sites excluding steroid dienone is 3. The first-order chi connectivity index (χ1) is 13.5. The van der Waals surface area contributed by atoms with Crippen molar-refractivity contribution in [1.29, 1.82) is 0 Å². The van der Waals surface area contributed by atoms with Crippen LogP contribution < -0.4 is 9.47 Å². The molecule has 144 valence electrons. The molecule has 28 heavy (non-hydrogen) atoms. The third-order valence-corrected chi connectivity index (χ3v) is 6.94. The van der Waals surface area contributed by atoms with E-state index in [0.29, 0.717) is 0 Å². The van der Waals surface area contributed by atoms with E-state index >= 15 is 0 Å². The molecule has 4 rings (SSSR count). The highest BCUT2D eigenvalue weighted by Gasteiger charge is 2.37. The van der Waals surface area contributed by atoms with Crippen LogP contribution >= 0.6 is 11.3 Å². The second-order valence-electron chi connectivity index (χ2n) is 8.03. The van der Waals surface area contributed by atoms with Gasteiger partial charge in [-0.1, -0.05) is 74.9 Å². The van der Waals surface area contributed by atoms with E-state index in [2.05, 4.69) is 104 Å². The summed E-state index contributed by atoms with van der Waals surface area (Å²) in [6.07, 6.45) is 9.21. The molecule has 0 bridgehead atoms. The van der Waals surface area contributed by atoms with Gasteiger partial charge in [0, 0.05) is 42.4 Å². The number of thiazole rings is 1. The lowest BCUT2D eigenvalue weighted by molar-refractivity contribution is -0.669. The van der Waals surface area contributed by atoms with Crippen LogP contribution in [0.25, 0.3) is 16.3 Å². The van der Waals surface area contributed by atoms with E-state index < -0.39 is 0 Å². The Bertz CT molecular complexity index is 1060. The quantitative estimate of drug-likeness (QED) is 0.464. The van der Waals surface area contributed by atoms with Crippen molar-refractivity contribution in [2.24, 2.45) is 0 Å². The Labute approximate surface area is 172 Å². The molecule has 0 spiro atoms. The molecule has 2 nitrogen and oxygen atoms in total. The van der Waals surface area contributed by atoms with Gasteiger partial charge in [0.25, 0.3) is 5.01 Å². The van der Waals surface area contributed by atoms with Gasteiger partial charge in [-0.2, -0.15) is 4.57 Å². The smallest absolute Gasteiger partial charge is 0.262 e. The van der Waals surface area contributed by atoms with Crippen LogP contribution in [0.2, 0.25) is 0 Å². The molecule has 3 heteroatoms. The zero-order valence-corrected chi connectivity index (χ0v) is 18.1. The maximum absolute atomic E-state index is 2.47. The fraction of sp³-hybridized carbons (Fsp3) is 0.320. The second kappa shape index (κ2) is 7.56. The molecule has 0 saturated carbocycles. The average molecular weight is 390 g/mol. The van der Waals surface area contributed by atoms with E-state index in [-0.39, 0.29) is 5.41 Å². The van der Waals surface area contributed by atoms with Crippen LogP contribution in [-0.2, 0) is 12.0 Å². The standard InChI is InChI=1S/C25H29N2S/c1-5-6-18-27-21-14-9-10-15-22(21)28-24(27)17-11-16-23-25(2,3)19-12-7-8-13-20(19)26(23)4/h7-17H,5-6,18H2,1-4H3/q+1. The number of likely N-dealkylation sites (N-methyl/N-ethyl adjacent to an activating group) is 1. The summed E-state index contributed by atoms with van der Waals surface area (Å²) >= 11 is 1.88. The zero-order chi connectivity index (χ0) is 19.7. The van der Waals surface area contributed by atoms with Crippen molar-refractivity contribution in [3.05, 3.63) is 77.0 Å². The number of hydrogen-bond donors (Lipinski definition) is 0. The van der Waals surface area contributed by atoms with Crippen molar-refractivity contribution in [2.75, 3.05) is 11.9 Å². The Morgan fingerprint density at radius 2 is 1.82 bits per heavy atom. The lowest BCUT2D eigenvalue weighted by atomic mass is 9.84. The Kier molecular flexibility index (Phi) is 5.11. The monoisotopic (exact) mass is 389 g/mol. The molecule has 0 amide bonds. The lowest BCUT2D eigenvalue weighted by Gasteiger charge is -2.23. The minimum absolute atomic E-state index is 0.0219. The van der Waals surface area contributed by atoms with Crippen LogP contribution in [0.4, 0.5) is 5.69 Å². The third kappa shape index (κ3) is 3.18. The summed E-state index contributed by atoms with van der Waals surface area (Å²) in [6.45, 7) is 7.96. The molecule has 2 heterocycles. The van der Waals surface area contributed by atoms with Crippen molar-refractivity contribution in [3.8, 4) is 0 Å². The van der Waals surface area contributed by atoms with Crippen molar-refractivity contribution in [2.45, 2.75) is 45.6 Å². The second-order valence-corrected chi connectivity index (χ2v) is 9.09. The van der Waals surface area contributed by atoms with Crippen LogP contribution in [0.1, 0.15) is 44.2 Å². The maximum Gasteiger partial charge on any atom is 0.262 e. The number of rotatable bonds is 5. The molecule has 1 aliphatic rings. The van der Waals surface area contributed by atoms with Gasteiger partial charge in [0.05, 0.1) is 0 Å². The number of unbranched alkanes of at least 4 members (excludes halogenated alkanes) is 1. The summed E-state index contributed by atoms with van der Waals surface area (Å²) in [7, 11) is 2.17. The number of aryl methyl sites for hydroxylation is 1. The largest absolute Gasteiger partial charge is 0.347 e. The van der Waals surface area contributed by atoms with Crippen molar-refractivity contribution < 1.29 is 4.57 Å². The molecule has 0 aliphatic carbocycles. The van der Waals surface area contributed by atoms with Gasteiger partial charge in [0.15, 0.2) is 6.54 Å². The summed E-state index contributed by atoms with van der Waals surface area (Å²) in [6, 6.07) is 17.5. The number of para-hydroxylation sites is 2. The molecule has 1 aliphatic heterocycles. The topological polar surface area (TPSA) is 7.12 Å². The van der Waals surface area contributed by atoms with Gasteiger partial charge in [-0.15, -0.1) is 0 Å². The van der Waals surface area contributed by atoms with Gasteiger partial charge >= 0.3 is 0 Å². The average Bonchev–Trinajstić information content (AvgIpc) is 3.14. The molecule has 1 aromatic heterocycles. The number of anilines is 1. The zero-order valence-electron chi connectivity index (χ0n) is 17.3. The van der Waals surface area contributed by atoms with E-state index in [0.717, 1.165) is 6.54 Å². The summed E-state index contributed by atoms with van der Waals surface area (Å²) < 4.78 is 3.83. The fourth-order valence-corrected chi connectivity index (χ4v) is 5.35. The van der Waals surface area contributed by atoms with E-state index in [9.17, 15) is 0 Å². The van der Waals surface area contributed by atoms with Crippen molar-refractivity contribution >= 4 is 33.3 Å². The highest BCUT2D eigenvalue weighted by molar-refractivity contribution is 7.18. The summed E-state index contributed by atoms with van der Waals surface area (Å²) in [5.74, 6) is 0. The first-order valence-corrected chi connectivity index (χ1v) is 11.0. The van der Waals surface area contributed by atoms with Crippen molar-refractivity contribution in [1.82, 2.24) is 0 Å². The highest BCUT2D eigenvalue weighted by Crippen LogP contribution is 2.46. The van der Waals surface area contributed by atoms with Gasteiger partial charge in [-0.05, 0) is 23.8 Å². The Hall–Kier alpha value is -2.39. The molecular formula is C25H29N2S+. The number of benzene rings is 2. The maximum atomic E-state index is 2.47. The summed E-state index contributed by atoms with van der Waals surface area (Å²) in [4.78, 5) is 2.33. The van der Waals surface area contributed by atoms with E-state index in [1.807, 2.05) is 11.3 Å². The SMILES string of the molecule is CCCC[n+]1c(/C=C/C=C2/N(C)c3ccccc3C2(C)C)sc2ccccc21. The molecule has 0 radical (unpaired) electrons. The highest BCUT2D eigenvalue weighted by atomic mass is 32.1. The Morgan fingerprint density at radius 1 is 1.07 bits per heavy atom. The van der Waals surface area contributed by atoms with E-state index in [4.69, 9.17) is 0 Å². The van der Waals surface area contributed by atoms with Crippen LogP contribution in [0.15, 0.2) is 66.4 Å². The number of aromatic nitrogens is 1. The molecule has 0 atom stereocenters. The summed E-state index contributed by atoms with van der Waals surface area (Å²) in [5, 5.41) is 1.32. The molecule has 0 fully saturated rings. The lowest BCUT2D eigenvalue weighted by Crippen LogP contribution is -2.34. The van der Waals surface area contributed by atoms with Crippen LogP contribution in [0.3, 0.4) is 0 Å². The predicted molar refractivity (Wildman–Crippen MR) is 122 cm³/mol. The summed E-state index contributed by atoms with van der Waals surface area (Å²) in [5.41, 5.74) is 5.42. The molecule has 0 N–H and O–H groups in total. The van der Waals surface area contributed by atoms with Crippen LogP contribution in [-0.4, -0.2) is 7.05 Å². The normalized spacial score (nSPS) is 17.1. The number of hydrogen-bond acceptors (Lipinski definition) is 2. The van der Waals surface area contributed by atoms with Gasteiger partial charge in [0.1, 0.15) is 4.70 Å². The van der Waals surface area contributed by atoms with Gasteiger partial charge in [-0.25, -0.2) is 0 Å². The molecule has 0 unspecified atom stereocenters. The van der Waals surface area contributed by atoms with Crippen LogP contribution in [0.5, 0.6) is 0 Å². The van der Waals surface area contributed by atoms with Gasteiger partial charge in [0.2, 0.25) is 5.52 Å². The first-order valence-electron chi connectivity index (χ1n) is 10.2. The minimum Gasteiger partial charge on any atom is -0.347 e. The molecule has 0 saturated heterocycles. The Morgan fingerprint density at radius 3 is 2.61 bits per heavy atom. The van der Waals surface area contributed by atoms with Gasteiger partial charge in [-0.3, -0.25) is 0 Å². The first kappa shape index (κ1) is 18.9. The molecular weight excluding hydrogens is 360 g/mol. The van der Waals surface area contributed by atoms with Crippen LogP contribution in [0, 0.1) is 0 Å². The number of fused-ring (bicyclic) bond motifs is 2. The van der Waals surface area contributed by atoms with Gasteiger partial charge < -0.3 is 4.90 Å². The predicted octanol–water partition coefficient (Wildman–Crippen LogP) is 6.31. The van der Waals surface area contributed by atoms with E-state index in [1.54, 1.807) is 0 Å². The number of nitrogens with zero attached hydrogens (tertiary/aromatic N) is 2. The molecule has 3 aromatic rings. The fourth-order valence-electron chi connectivity index (χ4n) is 4.25. The van der Waals surface area contributed by atoms with E-state index in [1.165, 1.54) is 45.0 Å². The minimum atomic E-state index is 0.0219. The van der Waals surface area contributed by atoms with Crippen molar-refractivity contribution in [3.63, 3.8) is 0 Å².